The molecule has 2 aliphatic heterocycles. The van der Waals surface area contributed by atoms with Crippen LogP contribution < -0.4 is 5.56 Å². The lowest BCUT2D eigenvalue weighted by molar-refractivity contribution is -0.140. The van der Waals surface area contributed by atoms with E-state index in [4.69, 9.17) is 4.74 Å². The van der Waals surface area contributed by atoms with Crippen molar-refractivity contribution in [3.8, 4) is 0 Å². The fourth-order valence-electron chi connectivity index (χ4n) is 3.60. The third-order valence-corrected chi connectivity index (χ3v) is 4.78. The van der Waals surface area contributed by atoms with Gasteiger partial charge in [0, 0.05) is 33.4 Å². The third-order valence-electron chi connectivity index (χ3n) is 4.78. The first-order valence-electron chi connectivity index (χ1n) is 8.13. The van der Waals surface area contributed by atoms with Gasteiger partial charge in [-0.2, -0.15) is 0 Å². The molecule has 2 amide bonds. The van der Waals surface area contributed by atoms with Crippen LogP contribution in [0.5, 0.6) is 0 Å². The van der Waals surface area contributed by atoms with E-state index in [0.717, 1.165) is 19.3 Å². The van der Waals surface area contributed by atoms with Gasteiger partial charge in [-0.25, -0.2) is 4.98 Å². The number of amides is 2. The van der Waals surface area contributed by atoms with Crippen LogP contribution in [0.3, 0.4) is 0 Å². The highest BCUT2D eigenvalue weighted by Crippen LogP contribution is 2.30. The number of aromatic nitrogens is 2. The first-order valence-corrected chi connectivity index (χ1v) is 8.13. The van der Waals surface area contributed by atoms with Crippen molar-refractivity contribution in [1.29, 1.82) is 0 Å². The molecule has 2 bridgehead atoms. The van der Waals surface area contributed by atoms with E-state index in [1.54, 1.807) is 11.9 Å². The Labute approximate surface area is 140 Å². The number of likely N-dealkylation sites (tertiary alicyclic amines) is 1. The van der Waals surface area contributed by atoms with Crippen LogP contribution in [0.1, 0.15) is 29.8 Å². The van der Waals surface area contributed by atoms with Gasteiger partial charge >= 0.3 is 0 Å². The minimum Gasteiger partial charge on any atom is -0.375 e. The summed E-state index contributed by atoms with van der Waals surface area (Å²) in [4.78, 5) is 44.1. The minimum absolute atomic E-state index is 0.00941. The summed E-state index contributed by atoms with van der Waals surface area (Å²) in [6, 6.07) is -0.0188. The largest absolute Gasteiger partial charge is 0.375 e. The van der Waals surface area contributed by atoms with Crippen molar-refractivity contribution in [3.05, 3.63) is 28.4 Å². The molecule has 0 radical (unpaired) electrons. The van der Waals surface area contributed by atoms with E-state index in [2.05, 4.69) is 4.98 Å². The summed E-state index contributed by atoms with van der Waals surface area (Å²) >= 11 is 0. The minimum atomic E-state index is -0.248. The third kappa shape index (κ3) is 3.06. The molecule has 0 N–H and O–H groups in total. The molecular weight excluding hydrogens is 312 g/mol. The zero-order valence-electron chi connectivity index (χ0n) is 14.0. The number of aryl methyl sites for hydroxylation is 1. The summed E-state index contributed by atoms with van der Waals surface area (Å²) in [5, 5.41) is 0. The van der Waals surface area contributed by atoms with Gasteiger partial charge in [-0.1, -0.05) is 0 Å². The molecule has 8 heteroatoms. The Morgan fingerprint density at radius 1 is 1.29 bits per heavy atom. The van der Waals surface area contributed by atoms with Gasteiger partial charge in [0.05, 0.1) is 18.3 Å². The van der Waals surface area contributed by atoms with Crippen molar-refractivity contribution in [3.63, 3.8) is 0 Å². The van der Waals surface area contributed by atoms with Crippen LogP contribution in [-0.2, 0) is 16.6 Å². The standard InChI is InChI=1S/C16H22N4O4/c1-18-9-13(17-6-14(18)21)16(23)20-11-4-3-5-12(20)8-19(7-11)15(22)10-24-2/h6,9,11-12H,3-5,7-8,10H2,1-2H3. The molecule has 2 fully saturated rings. The van der Waals surface area contributed by atoms with Gasteiger partial charge in [0.1, 0.15) is 12.3 Å². The number of hydrogen-bond acceptors (Lipinski definition) is 5. The average molecular weight is 334 g/mol. The number of piperidine rings is 1. The van der Waals surface area contributed by atoms with Crippen LogP contribution in [0.2, 0.25) is 0 Å². The van der Waals surface area contributed by atoms with Crippen molar-refractivity contribution in [2.75, 3.05) is 26.8 Å². The maximum absolute atomic E-state index is 12.9. The Balaban J connectivity index is 1.81. The van der Waals surface area contributed by atoms with Crippen molar-refractivity contribution in [1.82, 2.24) is 19.4 Å². The summed E-state index contributed by atoms with van der Waals surface area (Å²) in [5.41, 5.74) is 0.0207. The SMILES string of the molecule is COCC(=O)N1CC2CCCC(C1)N2C(=O)c1cn(C)c(=O)cn1. The van der Waals surface area contributed by atoms with E-state index in [0.29, 0.717) is 13.1 Å². The highest BCUT2D eigenvalue weighted by molar-refractivity contribution is 5.93. The van der Waals surface area contributed by atoms with Crippen LogP contribution in [0.4, 0.5) is 0 Å². The van der Waals surface area contributed by atoms with E-state index in [9.17, 15) is 14.4 Å². The first-order chi connectivity index (χ1) is 11.5. The van der Waals surface area contributed by atoms with Crippen molar-refractivity contribution < 1.29 is 14.3 Å². The molecular formula is C16H22N4O4. The van der Waals surface area contributed by atoms with E-state index in [-0.39, 0.29) is 41.8 Å². The van der Waals surface area contributed by atoms with Gasteiger partial charge in [0.15, 0.2) is 0 Å². The maximum atomic E-state index is 12.9. The zero-order valence-corrected chi connectivity index (χ0v) is 14.0. The number of hydrogen-bond donors (Lipinski definition) is 0. The Bertz CT molecular complexity index is 688. The van der Waals surface area contributed by atoms with E-state index >= 15 is 0 Å². The van der Waals surface area contributed by atoms with Crippen molar-refractivity contribution in [2.24, 2.45) is 7.05 Å². The molecule has 1 aromatic rings. The Morgan fingerprint density at radius 3 is 2.54 bits per heavy atom. The number of piperazine rings is 1. The zero-order chi connectivity index (χ0) is 17.3. The van der Waals surface area contributed by atoms with Gasteiger partial charge in [-0.15, -0.1) is 0 Å². The molecule has 8 nitrogen and oxygen atoms in total. The number of ether oxygens (including phenoxy) is 1. The molecule has 3 heterocycles. The topological polar surface area (TPSA) is 84.7 Å². The smallest absolute Gasteiger partial charge is 0.274 e. The monoisotopic (exact) mass is 334 g/mol. The lowest BCUT2D eigenvalue weighted by Gasteiger charge is -2.49. The number of rotatable bonds is 3. The summed E-state index contributed by atoms with van der Waals surface area (Å²) in [7, 11) is 3.10. The second-order valence-corrected chi connectivity index (χ2v) is 6.40. The molecule has 1 aromatic heterocycles. The highest BCUT2D eigenvalue weighted by Gasteiger charge is 2.41. The number of methoxy groups -OCH3 is 1. The van der Waals surface area contributed by atoms with Crippen molar-refractivity contribution >= 4 is 11.8 Å². The summed E-state index contributed by atoms with van der Waals surface area (Å²) in [6.45, 7) is 1.11. The van der Waals surface area contributed by atoms with Gasteiger partial charge in [0.25, 0.3) is 11.5 Å². The lowest BCUT2D eigenvalue weighted by atomic mass is 9.90. The number of fused-ring (bicyclic) bond motifs is 2. The fourth-order valence-corrected chi connectivity index (χ4v) is 3.60. The average Bonchev–Trinajstić information content (AvgIpc) is 2.55. The predicted molar refractivity (Wildman–Crippen MR) is 85.5 cm³/mol. The Morgan fingerprint density at radius 2 is 1.96 bits per heavy atom. The predicted octanol–water partition coefficient (Wildman–Crippen LogP) is -0.368. The Hall–Kier alpha value is -2.22. The van der Waals surface area contributed by atoms with Crippen LogP contribution in [0.25, 0.3) is 0 Å². The normalized spacial score (nSPS) is 23.2. The number of nitrogens with zero attached hydrogens (tertiary/aromatic N) is 4. The van der Waals surface area contributed by atoms with E-state index < -0.39 is 0 Å². The summed E-state index contributed by atoms with van der Waals surface area (Å²) in [6.07, 6.45) is 5.42. The first kappa shape index (κ1) is 16.6. The molecule has 2 saturated heterocycles. The van der Waals surface area contributed by atoms with Crippen LogP contribution in [-0.4, -0.2) is 70.1 Å². The molecule has 2 unspecified atom stereocenters. The van der Waals surface area contributed by atoms with Crippen LogP contribution in [0, 0.1) is 0 Å². The Kier molecular flexibility index (Phi) is 4.66. The molecule has 0 saturated carbocycles. The van der Waals surface area contributed by atoms with Gasteiger partial charge in [0.2, 0.25) is 5.91 Å². The van der Waals surface area contributed by atoms with Gasteiger partial charge in [-0.05, 0) is 19.3 Å². The molecule has 2 atom stereocenters. The second kappa shape index (κ2) is 6.72. The molecule has 3 rings (SSSR count). The molecule has 2 aliphatic rings. The molecule has 130 valence electrons. The van der Waals surface area contributed by atoms with E-state index in [1.165, 1.54) is 24.1 Å². The molecule has 0 aliphatic carbocycles. The molecule has 0 aromatic carbocycles. The fraction of sp³-hybridized carbons (Fsp3) is 0.625. The van der Waals surface area contributed by atoms with E-state index in [1.807, 2.05) is 4.90 Å². The maximum Gasteiger partial charge on any atom is 0.274 e. The summed E-state index contributed by atoms with van der Waals surface area (Å²) < 4.78 is 6.29. The highest BCUT2D eigenvalue weighted by atomic mass is 16.5. The van der Waals surface area contributed by atoms with Crippen LogP contribution in [0.15, 0.2) is 17.2 Å². The van der Waals surface area contributed by atoms with Gasteiger partial charge in [-0.3, -0.25) is 14.4 Å². The summed E-state index contributed by atoms with van der Waals surface area (Å²) in [5.74, 6) is -0.208. The number of carbonyl (C=O) groups excluding carboxylic acids is 2. The number of carbonyl (C=O) groups is 2. The molecule has 24 heavy (non-hydrogen) atoms. The lowest BCUT2D eigenvalue weighted by Crippen LogP contribution is -2.63. The molecule has 0 spiro atoms. The van der Waals surface area contributed by atoms with Crippen molar-refractivity contribution in [2.45, 2.75) is 31.3 Å². The second-order valence-electron chi connectivity index (χ2n) is 6.40. The van der Waals surface area contributed by atoms with Crippen LogP contribution >= 0.6 is 0 Å². The quantitative estimate of drug-likeness (QED) is 0.753. The van der Waals surface area contributed by atoms with Gasteiger partial charge < -0.3 is 19.1 Å².